The fourth-order valence-electron chi connectivity index (χ4n) is 2.05. The van der Waals surface area contributed by atoms with E-state index < -0.39 is 0 Å². The maximum Gasteiger partial charge on any atom is 0.228 e. The van der Waals surface area contributed by atoms with Crippen molar-refractivity contribution in [2.45, 2.75) is 26.4 Å². The number of anilines is 2. The first kappa shape index (κ1) is 17.3. The molecule has 2 rings (SSSR count). The van der Waals surface area contributed by atoms with Gasteiger partial charge in [-0.15, -0.1) is 0 Å². The topological polar surface area (TPSA) is 67.2 Å². The van der Waals surface area contributed by atoms with Crippen LogP contribution in [0.5, 0.6) is 0 Å². The van der Waals surface area contributed by atoms with Gasteiger partial charge in [0.1, 0.15) is 0 Å². The summed E-state index contributed by atoms with van der Waals surface area (Å²) in [5, 5.41) is 6.80. The highest BCUT2D eigenvalue weighted by Gasteiger charge is 2.18. The van der Waals surface area contributed by atoms with E-state index in [0.717, 1.165) is 11.3 Å². The SMILES string of the molecule is CC(N)C(C)C(=O)Nc1cc(Cl)ccc1NCc1ccccc1. The van der Waals surface area contributed by atoms with Crippen LogP contribution in [-0.4, -0.2) is 11.9 Å². The number of hydrogen-bond donors (Lipinski definition) is 3. The lowest BCUT2D eigenvalue weighted by molar-refractivity contribution is -0.119. The first-order valence-corrected chi connectivity index (χ1v) is 7.99. The summed E-state index contributed by atoms with van der Waals surface area (Å²) in [6.45, 7) is 4.28. The average molecular weight is 332 g/mol. The molecular weight excluding hydrogens is 310 g/mol. The number of rotatable bonds is 6. The zero-order chi connectivity index (χ0) is 16.8. The minimum Gasteiger partial charge on any atom is -0.379 e. The van der Waals surface area contributed by atoms with Gasteiger partial charge in [-0.1, -0.05) is 48.9 Å². The molecule has 0 saturated carbocycles. The summed E-state index contributed by atoms with van der Waals surface area (Å²) >= 11 is 6.06. The van der Waals surface area contributed by atoms with Gasteiger partial charge in [-0.25, -0.2) is 0 Å². The van der Waals surface area contributed by atoms with Crippen molar-refractivity contribution in [3.05, 3.63) is 59.1 Å². The van der Waals surface area contributed by atoms with E-state index in [1.165, 1.54) is 0 Å². The normalized spacial score (nSPS) is 13.2. The molecule has 0 aromatic heterocycles. The molecule has 4 nitrogen and oxygen atoms in total. The standard InChI is InChI=1S/C18H22ClN3O/c1-12(13(2)20)18(23)22-17-10-15(19)8-9-16(17)21-11-14-6-4-3-5-7-14/h3-10,12-13,21H,11,20H2,1-2H3,(H,22,23). The van der Waals surface area contributed by atoms with Crippen LogP contribution in [0.4, 0.5) is 11.4 Å². The summed E-state index contributed by atoms with van der Waals surface area (Å²) in [6, 6.07) is 15.2. The molecule has 0 bridgehead atoms. The Morgan fingerprint density at radius 3 is 2.48 bits per heavy atom. The summed E-state index contributed by atoms with van der Waals surface area (Å²) in [5.41, 5.74) is 8.43. The van der Waals surface area contributed by atoms with E-state index in [1.807, 2.05) is 50.2 Å². The van der Waals surface area contributed by atoms with E-state index in [1.54, 1.807) is 12.1 Å². The van der Waals surface area contributed by atoms with Gasteiger partial charge in [0, 0.05) is 17.6 Å². The molecule has 0 aliphatic rings. The van der Waals surface area contributed by atoms with E-state index in [0.29, 0.717) is 17.3 Å². The van der Waals surface area contributed by atoms with Crippen molar-refractivity contribution in [2.24, 2.45) is 11.7 Å². The predicted molar refractivity (Wildman–Crippen MR) is 96.7 cm³/mol. The van der Waals surface area contributed by atoms with Crippen molar-refractivity contribution in [2.75, 3.05) is 10.6 Å². The van der Waals surface area contributed by atoms with Gasteiger partial charge in [0.05, 0.1) is 17.3 Å². The van der Waals surface area contributed by atoms with E-state index in [4.69, 9.17) is 17.3 Å². The first-order valence-electron chi connectivity index (χ1n) is 7.61. The van der Waals surface area contributed by atoms with Crippen molar-refractivity contribution in [3.8, 4) is 0 Å². The van der Waals surface area contributed by atoms with Crippen LogP contribution in [0.1, 0.15) is 19.4 Å². The third kappa shape index (κ3) is 4.98. The highest BCUT2D eigenvalue weighted by Crippen LogP contribution is 2.27. The molecule has 0 spiro atoms. The molecule has 2 atom stereocenters. The molecule has 23 heavy (non-hydrogen) atoms. The van der Waals surface area contributed by atoms with Gasteiger partial charge in [0.15, 0.2) is 0 Å². The smallest absolute Gasteiger partial charge is 0.228 e. The predicted octanol–water partition coefficient (Wildman–Crippen LogP) is 3.87. The third-order valence-corrected chi connectivity index (χ3v) is 4.00. The molecule has 0 fully saturated rings. The number of amides is 1. The van der Waals surface area contributed by atoms with Crippen molar-refractivity contribution in [1.82, 2.24) is 0 Å². The summed E-state index contributed by atoms with van der Waals surface area (Å²) in [4.78, 5) is 12.2. The maximum absolute atomic E-state index is 12.2. The molecule has 0 aliphatic carbocycles. The van der Waals surface area contributed by atoms with Gasteiger partial charge >= 0.3 is 0 Å². The number of hydrogen-bond acceptors (Lipinski definition) is 3. The number of nitrogens with one attached hydrogen (secondary N) is 2. The fourth-order valence-corrected chi connectivity index (χ4v) is 2.22. The molecule has 0 aliphatic heterocycles. The quantitative estimate of drug-likeness (QED) is 0.752. The Hall–Kier alpha value is -2.04. The van der Waals surface area contributed by atoms with Crippen molar-refractivity contribution >= 4 is 28.9 Å². The Bertz CT molecular complexity index is 659. The molecule has 122 valence electrons. The monoisotopic (exact) mass is 331 g/mol. The minimum atomic E-state index is -0.282. The highest BCUT2D eigenvalue weighted by molar-refractivity contribution is 6.31. The highest BCUT2D eigenvalue weighted by atomic mass is 35.5. The minimum absolute atomic E-state index is 0.120. The molecule has 1 amide bonds. The van der Waals surface area contributed by atoms with Crippen LogP contribution in [0.3, 0.4) is 0 Å². The van der Waals surface area contributed by atoms with Gasteiger partial charge in [-0.3, -0.25) is 4.79 Å². The number of carbonyl (C=O) groups excluding carboxylic acids is 1. The van der Waals surface area contributed by atoms with Gasteiger partial charge in [-0.2, -0.15) is 0 Å². The number of carbonyl (C=O) groups is 1. The summed E-state index contributed by atoms with van der Waals surface area (Å²) in [5.74, 6) is -0.402. The molecule has 4 N–H and O–H groups in total. The van der Waals surface area contributed by atoms with Gasteiger partial charge in [-0.05, 0) is 30.7 Å². The van der Waals surface area contributed by atoms with Crippen LogP contribution in [-0.2, 0) is 11.3 Å². The Balaban J connectivity index is 2.12. The lowest BCUT2D eigenvalue weighted by Gasteiger charge is -2.18. The Morgan fingerprint density at radius 1 is 1.13 bits per heavy atom. The van der Waals surface area contributed by atoms with Crippen LogP contribution < -0.4 is 16.4 Å². The third-order valence-electron chi connectivity index (χ3n) is 3.77. The van der Waals surface area contributed by atoms with Crippen molar-refractivity contribution < 1.29 is 4.79 Å². The number of nitrogens with two attached hydrogens (primary N) is 1. The summed E-state index contributed by atoms with van der Waals surface area (Å²) in [6.07, 6.45) is 0. The second kappa shape index (κ2) is 7.99. The van der Waals surface area contributed by atoms with Crippen LogP contribution in [0.15, 0.2) is 48.5 Å². The molecule has 2 aromatic rings. The summed E-state index contributed by atoms with van der Waals surface area (Å²) < 4.78 is 0. The molecule has 2 unspecified atom stereocenters. The molecule has 2 aromatic carbocycles. The van der Waals surface area contributed by atoms with E-state index in [-0.39, 0.29) is 17.9 Å². The largest absolute Gasteiger partial charge is 0.379 e. The van der Waals surface area contributed by atoms with Crippen LogP contribution in [0.2, 0.25) is 5.02 Å². The molecular formula is C18H22ClN3O. The number of benzene rings is 2. The molecule has 5 heteroatoms. The second-order valence-corrected chi connectivity index (χ2v) is 6.10. The van der Waals surface area contributed by atoms with E-state index in [2.05, 4.69) is 10.6 Å². The molecule has 0 saturated heterocycles. The van der Waals surface area contributed by atoms with E-state index >= 15 is 0 Å². The molecule has 0 radical (unpaired) electrons. The van der Waals surface area contributed by atoms with Gasteiger partial charge < -0.3 is 16.4 Å². The lowest BCUT2D eigenvalue weighted by atomic mass is 10.0. The second-order valence-electron chi connectivity index (χ2n) is 5.67. The Morgan fingerprint density at radius 2 is 1.83 bits per heavy atom. The fraction of sp³-hybridized carbons (Fsp3) is 0.278. The Kier molecular flexibility index (Phi) is 6.02. The van der Waals surface area contributed by atoms with Crippen molar-refractivity contribution in [1.29, 1.82) is 0 Å². The van der Waals surface area contributed by atoms with Crippen LogP contribution in [0, 0.1) is 5.92 Å². The van der Waals surface area contributed by atoms with Gasteiger partial charge in [0.25, 0.3) is 0 Å². The van der Waals surface area contributed by atoms with Gasteiger partial charge in [0.2, 0.25) is 5.91 Å². The molecule has 0 heterocycles. The zero-order valence-corrected chi connectivity index (χ0v) is 14.1. The maximum atomic E-state index is 12.2. The number of halogens is 1. The zero-order valence-electron chi connectivity index (χ0n) is 13.3. The summed E-state index contributed by atoms with van der Waals surface area (Å²) in [7, 11) is 0. The van der Waals surface area contributed by atoms with Crippen LogP contribution in [0.25, 0.3) is 0 Å². The lowest BCUT2D eigenvalue weighted by Crippen LogP contribution is -2.34. The van der Waals surface area contributed by atoms with Crippen molar-refractivity contribution in [3.63, 3.8) is 0 Å². The van der Waals surface area contributed by atoms with E-state index in [9.17, 15) is 4.79 Å². The van der Waals surface area contributed by atoms with Crippen LogP contribution >= 0.6 is 11.6 Å². The average Bonchev–Trinajstić information content (AvgIpc) is 2.54. The Labute approximate surface area is 142 Å². The first-order chi connectivity index (χ1) is 11.0.